The predicted octanol–water partition coefficient (Wildman–Crippen LogP) is 2.46. The van der Waals surface area contributed by atoms with Gasteiger partial charge in [0, 0.05) is 24.7 Å². The van der Waals surface area contributed by atoms with Crippen LogP contribution in [0.4, 0.5) is 4.79 Å². The largest absolute Gasteiger partial charge is 0.484 e. The maximum absolute atomic E-state index is 12.1. The molecule has 1 aromatic rings. The zero-order valence-electron chi connectivity index (χ0n) is 15.6. The van der Waals surface area contributed by atoms with E-state index < -0.39 is 0 Å². The van der Waals surface area contributed by atoms with Gasteiger partial charge in [0.2, 0.25) is 0 Å². The fourth-order valence-corrected chi connectivity index (χ4v) is 2.76. The van der Waals surface area contributed by atoms with Crippen LogP contribution in [-0.2, 0) is 4.79 Å². The molecule has 1 heterocycles. The van der Waals surface area contributed by atoms with Crippen LogP contribution in [0.2, 0.25) is 0 Å². The number of hydrogen-bond donors (Lipinski definition) is 2. The van der Waals surface area contributed by atoms with Crippen LogP contribution in [0.1, 0.15) is 39.2 Å². The molecule has 0 radical (unpaired) electrons. The van der Waals surface area contributed by atoms with E-state index in [4.69, 9.17) is 4.74 Å². The molecular formula is C19H29N3O3. The Hall–Kier alpha value is -2.24. The van der Waals surface area contributed by atoms with Gasteiger partial charge in [-0.25, -0.2) is 4.79 Å². The van der Waals surface area contributed by atoms with E-state index >= 15 is 0 Å². The highest BCUT2D eigenvalue weighted by Gasteiger charge is 2.25. The van der Waals surface area contributed by atoms with Crippen molar-refractivity contribution in [2.75, 3.05) is 19.7 Å². The first-order valence-electron chi connectivity index (χ1n) is 8.79. The maximum Gasteiger partial charge on any atom is 0.317 e. The second-order valence-corrected chi connectivity index (χ2v) is 7.56. The average Bonchev–Trinajstić information content (AvgIpc) is 2.53. The lowest BCUT2D eigenvalue weighted by atomic mass is 10.0. The summed E-state index contributed by atoms with van der Waals surface area (Å²) in [5.74, 6) is 0.604. The van der Waals surface area contributed by atoms with E-state index in [1.54, 1.807) is 4.90 Å². The number of amides is 3. The number of ether oxygens (including phenoxy) is 1. The number of urea groups is 1. The summed E-state index contributed by atoms with van der Waals surface area (Å²) in [7, 11) is 0. The van der Waals surface area contributed by atoms with Gasteiger partial charge in [0.1, 0.15) is 5.75 Å². The van der Waals surface area contributed by atoms with Crippen LogP contribution in [-0.4, -0.2) is 48.1 Å². The molecule has 1 aliphatic heterocycles. The number of benzene rings is 1. The first-order chi connectivity index (χ1) is 11.7. The Morgan fingerprint density at radius 1 is 1.20 bits per heavy atom. The molecule has 1 aliphatic rings. The Morgan fingerprint density at radius 3 is 2.44 bits per heavy atom. The number of para-hydroxylation sites is 1. The van der Waals surface area contributed by atoms with Crippen LogP contribution >= 0.6 is 0 Å². The van der Waals surface area contributed by atoms with E-state index in [2.05, 4.69) is 10.6 Å². The molecule has 6 nitrogen and oxygen atoms in total. The molecule has 0 spiro atoms. The van der Waals surface area contributed by atoms with Crippen molar-refractivity contribution in [3.05, 3.63) is 29.8 Å². The predicted molar refractivity (Wildman–Crippen MR) is 97.7 cm³/mol. The SMILES string of the molecule is Cc1ccccc1OCC(=O)NC1CCN(C(=O)NC(C)(C)C)CC1. The van der Waals surface area contributed by atoms with E-state index in [-0.39, 0.29) is 30.1 Å². The molecule has 0 atom stereocenters. The van der Waals surface area contributed by atoms with E-state index in [9.17, 15) is 9.59 Å². The van der Waals surface area contributed by atoms with Crippen molar-refractivity contribution in [3.63, 3.8) is 0 Å². The highest BCUT2D eigenvalue weighted by atomic mass is 16.5. The van der Waals surface area contributed by atoms with Crippen LogP contribution in [0.3, 0.4) is 0 Å². The van der Waals surface area contributed by atoms with Gasteiger partial charge in [0.15, 0.2) is 6.61 Å². The van der Waals surface area contributed by atoms with Crippen LogP contribution < -0.4 is 15.4 Å². The smallest absolute Gasteiger partial charge is 0.317 e. The van der Waals surface area contributed by atoms with E-state index in [1.807, 2.05) is 52.0 Å². The number of rotatable bonds is 4. The second kappa shape index (κ2) is 8.23. The highest BCUT2D eigenvalue weighted by molar-refractivity contribution is 5.78. The molecule has 0 unspecified atom stereocenters. The summed E-state index contributed by atoms with van der Waals surface area (Å²) in [5.41, 5.74) is 0.767. The highest BCUT2D eigenvalue weighted by Crippen LogP contribution is 2.16. The Kier molecular flexibility index (Phi) is 6.28. The third kappa shape index (κ3) is 6.29. The van der Waals surface area contributed by atoms with Crippen LogP contribution in [0.15, 0.2) is 24.3 Å². The zero-order chi connectivity index (χ0) is 18.4. The molecule has 1 fully saturated rings. The third-order valence-corrected chi connectivity index (χ3v) is 4.08. The van der Waals surface area contributed by atoms with Gasteiger partial charge >= 0.3 is 6.03 Å². The average molecular weight is 347 g/mol. The Balaban J connectivity index is 1.72. The van der Waals surface area contributed by atoms with E-state index in [0.29, 0.717) is 13.1 Å². The second-order valence-electron chi connectivity index (χ2n) is 7.56. The van der Waals surface area contributed by atoms with Gasteiger partial charge < -0.3 is 20.3 Å². The molecule has 138 valence electrons. The molecule has 2 rings (SSSR count). The summed E-state index contributed by atoms with van der Waals surface area (Å²) in [6.07, 6.45) is 1.52. The number of likely N-dealkylation sites (tertiary alicyclic amines) is 1. The summed E-state index contributed by atoms with van der Waals surface area (Å²) in [6, 6.07) is 7.68. The molecule has 0 aliphatic carbocycles. The fraction of sp³-hybridized carbons (Fsp3) is 0.579. The first-order valence-corrected chi connectivity index (χ1v) is 8.79. The molecule has 0 aromatic heterocycles. The Bertz CT molecular complexity index is 602. The monoisotopic (exact) mass is 347 g/mol. The van der Waals surface area contributed by atoms with Gasteiger partial charge in [-0.2, -0.15) is 0 Å². The van der Waals surface area contributed by atoms with Crippen molar-refractivity contribution in [1.29, 1.82) is 0 Å². The number of carbonyl (C=O) groups is 2. The van der Waals surface area contributed by atoms with Crippen molar-refractivity contribution >= 4 is 11.9 Å². The van der Waals surface area contributed by atoms with Gasteiger partial charge in [-0.05, 0) is 52.2 Å². The number of hydrogen-bond acceptors (Lipinski definition) is 3. The molecular weight excluding hydrogens is 318 g/mol. The molecule has 6 heteroatoms. The van der Waals surface area contributed by atoms with Crippen molar-refractivity contribution in [3.8, 4) is 5.75 Å². The first kappa shape index (κ1) is 19.1. The summed E-state index contributed by atoms with van der Waals surface area (Å²) in [4.78, 5) is 26.0. The molecule has 2 N–H and O–H groups in total. The summed E-state index contributed by atoms with van der Waals surface area (Å²) in [6.45, 7) is 9.14. The van der Waals surface area contributed by atoms with Gasteiger partial charge in [0.05, 0.1) is 0 Å². The Morgan fingerprint density at radius 2 is 1.84 bits per heavy atom. The van der Waals surface area contributed by atoms with E-state index in [0.717, 1.165) is 24.2 Å². The molecule has 1 saturated heterocycles. The van der Waals surface area contributed by atoms with Gasteiger partial charge in [-0.15, -0.1) is 0 Å². The molecule has 1 aromatic carbocycles. The molecule has 0 bridgehead atoms. The quantitative estimate of drug-likeness (QED) is 0.879. The Labute approximate surface area is 149 Å². The molecule has 25 heavy (non-hydrogen) atoms. The number of piperidine rings is 1. The van der Waals surface area contributed by atoms with E-state index in [1.165, 1.54) is 0 Å². The number of nitrogens with one attached hydrogen (secondary N) is 2. The van der Waals surface area contributed by atoms with Crippen molar-refractivity contribution in [2.24, 2.45) is 0 Å². The van der Waals surface area contributed by atoms with Crippen molar-refractivity contribution in [2.45, 2.75) is 52.1 Å². The summed E-state index contributed by atoms with van der Waals surface area (Å²) >= 11 is 0. The minimum Gasteiger partial charge on any atom is -0.484 e. The van der Waals surface area contributed by atoms with Crippen LogP contribution in [0.5, 0.6) is 5.75 Å². The van der Waals surface area contributed by atoms with Crippen molar-refractivity contribution in [1.82, 2.24) is 15.5 Å². The topological polar surface area (TPSA) is 70.7 Å². The zero-order valence-corrected chi connectivity index (χ0v) is 15.6. The number of nitrogens with zero attached hydrogens (tertiary/aromatic N) is 1. The lowest BCUT2D eigenvalue weighted by molar-refractivity contribution is -0.124. The third-order valence-electron chi connectivity index (χ3n) is 4.08. The normalized spacial score (nSPS) is 15.6. The van der Waals surface area contributed by atoms with Gasteiger partial charge in [-0.3, -0.25) is 4.79 Å². The summed E-state index contributed by atoms with van der Waals surface area (Å²) in [5, 5.41) is 5.96. The lowest BCUT2D eigenvalue weighted by Crippen LogP contribution is -2.53. The fourth-order valence-electron chi connectivity index (χ4n) is 2.76. The summed E-state index contributed by atoms with van der Waals surface area (Å²) < 4.78 is 5.57. The minimum atomic E-state index is -0.241. The van der Waals surface area contributed by atoms with Crippen molar-refractivity contribution < 1.29 is 14.3 Å². The number of carbonyl (C=O) groups excluding carboxylic acids is 2. The lowest BCUT2D eigenvalue weighted by Gasteiger charge is -2.34. The molecule has 3 amide bonds. The maximum atomic E-state index is 12.1. The van der Waals surface area contributed by atoms with Gasteiger partial charge in [0.25, 0.3) is 5.91 Å². The van der Waals surface area contributed by atoms with Crippen LogP contribution in [0.25, 0.3) is 0 Å². The van der Waals surface area contributed by atoms with Crippen LogP contribution in [0, 0.1) is 6.92 Å². The molecule has 0 saturated carbocycles. The number of aryl methyl sites for hydroxylation is 1. The van der Waals surface area contributed by atoms with Gasteiger partial charge in [-0.1, -0.05) is 18.2 Å². The minimum absolute atomic E-state index is 0.00950. The standard InChI is InChI=1S/C19H29N3O3/c1-14-7-5-6-8-16(14)25-13-17(23)20-15-9-11-22(12-10-15)18(24)21-19(2,3)4/h5-8,15H,9-13H2,1-4H3,(H,20,23)(H,21,24).